The lowest BCUT2D eigenvalue weighted by Crippen LogP contribution is -2.44. The number of amides is 1. The van der Waals surface area contributed by atoms with Gasteiger partial charge in [-0.05, 0) is 19.8 Å². The summed E-state index contributed by atoms with van der Waals surface area (Å²) in [7, 11) is 0. The summed E-state index contributed by atoms with van der Waals surface area (Å²) in [4.78, 5) is 21.1. The molecular weight excluding hydrogens is 259 g/mol. The Bertz CT molecular complexity index is 458. The monoisotopic (exact) mass is 273 g/mol. The molecule has 1 amide bonds. The van der Waals surface area contributed by atoms with E-state index in [-0.39, 0.29) is 18.7 Å². The second-order valence-corrected chi connectivity index (χ2v) is 4.67. The Morgan fingerprint density at radius 3 is 2.68 bits per heavy atom. The van der Waals surface area contributed by atoms with Gasteiger partial charge in [-0.1, -0.05) is 0 Å². The fraction of sp³-hybridized carbons (Fsp3) is 0.583. The first-order chi connectivity index (χ1) is 8.88. The standard InChI is InChI=1S/C12H14F3N3O/c1-8-5-17-10(6-16-8)11(19)18-4-2-3-9(7-18)12(13,14)15/h5-6,9H,2-4,7H2,1H3. The molecule has 2 heterocycles. The van der Waals surface area contributed by atoms with Gasteiger partial charge in [-0.3, -0.25) is 9.78 Å². The van der Waals surface area contributed by atoms with Crippen LogP contribution in [0.25, 0.3) is 0 Å². The number of piperidine rings is 1. The maximum absolute atomic E-state index is 12.7. The fourth-order valence-corrected chi connectivity index (χ4v) is 2.09. The van der Waals surface area contributed by atoms with Crippen molar-refractivity contribution in [3.8, 4) is 0 Å². The maximum Gasteiger partial charge on any atom is 0.393 e. The zero-order valence-corrected chi connectivity index (χ0v) is 10.4. The van der Waals surface area contributed by atoms with E-state index >= 15 is 0 Å². The van der Waals surface area contributed by atoms with Crippen LogP contribution >= 0.6 is 0 Å². The van der Waals surface area contributed by atoms with Gasteiger partial charge in [0, 0.05) is 19.3 Å². The minimum absolute atomic E-state index is 0.0762. The van der Waals surface area contributed by atoms with Crippen molar-refractivity contribution in [2.75, 3.05) is 13.1 Å². The molecule has 19 heavy (non-hydrogen) atoms. The number of carbonyl (C=O) groups excluding carboxylic acids is 1. The molecule has 0 aliphatic carbocycles. The highest BCUT2D eigenvalue weighted by atomic mass is 19.4. The van der Waals surface area contributed by atoms with Crippen LogP contribution in [0.1, 0.15) is 29.0 Å². The van der Waals surface area contributed by atoms with Gasteiger partial charge >= 0.3 is 6.18 Å². The second-order valence-electron chi connectivity index (χ2n) is 4.67. The van der Waals surface area contributed by atoms with E-state index in [4.69, 9.17) is 0 Å². The van der Waals surface area contributed by atoms with E-state index in [1.54, 1.807) is 6.92 Å². The van der Waals surface area contributed by atoms with E-state index in [2.05, 4.69) is 9.97 Å². The van der Waals surface area contributed by atoms with E-state index < -0.39 is 18.0 Å². The van der Waals surface area contributed by atoms with Crippen LogP contribution in [0.3, 0.4) is 0 Å². The van der Waals surface area contributed by atoms with Crippen molar-refractivity contribution in [1.29, 1.82) is 0 Å². The van der Waals surface area contributed by atoms with E-state index in [1.165, 1.54) is 17.3 Å². The van der Waals surface area contributed by atoms with Crippen molar-refractivity contribution in [2.24, 2.45) is 5.92 Å². The third kappa shape index (κ3) is 3.21. The number of likely N-dealkylation sites (tertiary alicyclic amines) is 1. The van der Waals surface area contributed by atoms with E-state index in [9.17, 15) is 18.0 Å². The van der Waals surface area contributed by atoms with Crippen LogP contribution in [0.15, 0.2) is 12.4 Å². The van der Waals surface area contributed by atoms with Crippen molar-refractivity contribution in [2.45, 2.75) is 25.9 Å². The van der Waals surface area contributed by atoms with Crippen LogP contribution in [-0.2, 0) is 0 Å². The Kier molecular flexibility index (Phi) is 3.73. The average Bonchev–Trinajstić information content (AvgIpc) is 2.38. The van der Waals surface area contributed by atoms with Crippen LogP contribution in [0, 0.1) is 12.8 Å². The molecule has 1 aromatic heterocycles. The van der Waals surface area contributed by atoms with Crippen molar-refractivity contribution < 1.29 is 18.0 Å². The predicted octanol–water partition coefficient (Wildman–Crippen LogP) is 2.20. The largest absolute Gasteiger partial charge is 0.393 e. The molecule has 0 bridgehead atoms. The van der Waals surface area contributed by atoms with Gasteiger partial charge in [0.1, 0.15) is 5.69 Å². The Hall–Kier alpha value is -1.66. The molecule has 0 N–H and O–H groups in total. The number of rotatable bonds is 1. The third-order valence-electron chi connectivity index (χ3n) is 3.17. The van der Waals surface area contributed by atoms with Crippen molar-refractivity contribution in [3.05, 3.63) is 23.8 Å². The van der Waals surface area contributed by atoms with Crippen molar-refractivity contribution in [1.82, 2.24) is 14.9 Å². The minimum atomic E-state index is -4.25. The highest BCUT2D eigenvalue weighted by Gasteiger charge is 2.42. The number of aryl methyl sites for hydroxylation is 1. The fourth-order valence-electron chi connectivity index (χ4n) is 2.09. The Morgan fingerprint density at radius 1 is 1.37 bits per heavy atom. The summed E-state index contributed by atoms with van der Waals surface area (Å²) in [6.45, 7) is 1.76. The smallest absolute Gasteiger partial charge is 0.337 e. The zero-order valence-electron chi connectivity index (χ0n) is 10.4. The summed E-state index contributed by atoms with van der Waals surface area (Å²) >= 11 is 0. The molecule has 0 spiro atoms. The van der Waals surface area contributed by atoms with Crippen molar-refractivity contribution >= 4 is 5.91 Å². The van der Waals surface area contributed by atoms with Crippen LogP contribution in [-0.4, -0.2) is 40.0 Å². The molecule has 1 aromatic rings. The molecule has 2 rings (SSSR count). The van der Waals surface area contributed by atoms with E-state index in [0.717, 1.165) is 0 Å². The summed E-state index contributed by atoms with van der Waals surface area (Å²) in [6, 6.07) is 0. The highest BCUT2D eigenvalue weighted by Crippen LogP contribution is 2.33. The van der Waals surface area contributed by atoms with E-state index in [1.807, 2.05) is 0 Å². The first-order valence-corrected chi connectivity index (χ1v) is 6.02. The number of alkyl halides is 3. The highest BCUT2D eigenvalue weighted by molar-refractivity contribution is 5.92. The van der Waals surface area contributed by atoms with Crippen LogP contribution in [0.4, 0.5) is 13.2 Å². The molecule has 1 aliphatic rings. The number of nitrogens with zero attached hydrogens (tertiary/aromatic N) is 3. The molecule has 4 nitrogen and oxygen atoms in total. The molecule has 7 heteroatoms. The SMILES string of the molecule is Cc1cnc(C(=O)N2CCCC(C(F)(F)F)C2)cn1. The Balaban J connectivity index is 2.09. The first-order valence-electron chi connectivity index (χ1n) is 6.02. The summed E-state index contributed by atoms with van der Waals surface area (Å²) in [5.41, 5.74) is 0.747. The Morgan fingerprint density at radius 2 is 2.11 bits per heavy atom. The van der Waals surface area contributed by atoms with Crippen molar-refractivity contribution in [3.63, 3.8) is 0 Å². The van der Waals surface area contributed by atoms with Gasteiger partial charge in [0.15, 0.2) is 0 Å². The predicted molar refractivity (Wildman–Crippen MR) is 61.5 cm³/mol. The quantitative estimate of drug-likeness (QED) is 0.788. The number of carbonyl (C=O) groups is 1. The lowest BCUT2D eigenvalue weighted by atomic mass is 9.97. The van der Waals surface area contributed by atoms with Gasteiger partial charge in [0.2, 0.25) is 0 Å². The topological polar surface area (TPSA) is 46.1 Å². The Labute approximate surface area is 108 Å². The first kappa shape index (κ1) is 13.8. The number of aromatic nitrogens is 2. The van der Waals surface area contributed by atoms with E-state index in [0.29, 0.717) is 18.7 Å². The van der Waals surface area contributed by atoms with Gasteiger partial charge in [0.05, 0.1) is 17.8 Å². The minimum Gasteiger partial charge on any atom is -0.337 e. The zero-order chi connectivity index (χ0) is 14.0. The van der Waals surface area contributed by atoms with Gasteiger partial charge in [-0.25, -0.2) is 4.98 Å². The number of halogens is 3. The summed E-state index contributed by atoms with van der Waals surface area (Å²) in [5.74, 6) is -1.93. The molecule has 1 atom stereocenters. The second kappa shape index (κ2) is 5.14. The lowest BCUT2D eigenvalue weighted by Gasteiger charge is -2.33. The molecule has 0 radical (unpaired) electrons. The van der Waals surface area contributed by atoms with Crippen LogP contribution < -0.4 is 0 Å². The van der Waals surface area contributed by atoms with Gasteiger partial charge in [-0.15, -0.1) is 0 Å². The molecule has 0 aromatic carbocycles. The molecule has 1 aliphatic heterocycles. The summed E-state index contributed by atoms with van der Waals surface area (Å²) in [6.07, 6.45) is -1.09. The van der Waals surface area contributed by atoms with Crippen LogP contribution in [0.5, 0.6) is 0 Å². The molecule has 104 valence electrons. The lowest BCUT2D eigenvalue weighted by molar-refractivity contribution is -0.184. The number of hydrogen-bond acceptors (Lipinski definition) is 3. The molecule has 1 saturated heterocycles. The van der Waals surface area contributed by atoms with Gasteiger partial charge in [0.25, 0.3) is 5.91 Å². The maximum atomic E-state index is 12.7. The normalized spacial score (nSPS) is 20.4. The molecular formula is C12H14F3N3O. The third-order valence-corrected chi connectivity index (χ3v) is 3.17. The van der Waals surface area contributed by atoms with Gasteiger partial charge < -0.3 is 4.90 Å². The summed E-state index contributed by atoms with van der Waals surface area (Å²) < 4.78 is 38.0. The molecule has 0 saturated carbocycles. The summed E-state index contributed by atoms with van der Waals surface area (Å²) in [5, 5.41) is 0. The molecule has 1 unspecified atom stereocenters. The molecule has 1 fully saturated rings. The average molecular weight is 273 g/mol. The van der Waals surface area contributed by atoms with Gasteiger partial charge in [-0.2, -0.15) is 13.2 Å². The number of hydrogen-bond donors (Lipinski definition) is 0. The van der Waals surface area contributed by atoms with Crippen LogP contribution in [0.2, 0.25) is 0 Å².